The first-order chi connectivity index (χ1) is 16.1. The average molecular weight is 512 g/mol. The Kier molecular flexibility index (Phi) is 8.01. The third-order valence-electron chi connectivity index (χ3n) is 4.92. The Morgan fingerprint density at radius 3 is 2.59 bits per heavy atom. The predicted molar refractivity (Wildman–Crippen MR) is 124 cm³/mol. The van der Waals surface area contributed by atoms with Crippen LogP contribution in [0.2, 0.25) is 0 Å². The van der Waals surface area contributed by atoms with Crippen molar-refractivity contribution in [1.82, 2.24) is 0 Å². The van der Waals surface area contributed by atoms with E-state index in [1.807, 2.05) is 6.07 Å². The van der Waals surface area contributed by atoms with Crippen molar-refractivity contribution in [1.29, 1.82) is 5.26 Å². The van der Waals surface area contributed by atoms with Gasteiger partial charge in [0.25, 0.3) is 10.0 Å². The summed E-state index contributed by atoms with van der Waals surface area (Å²) in [5.41, 5.74) is 1.43. The van der Waals surface area contributed by atoms with Crippen LogP contribution in [-0.2, 0) is 30.9 Å². The van der Waals surface area contributed by atoms with Gasteiger partial charge in [0.15, 0.2) is 6.01 Å². The van der Waals surface area contributed by atoms with Gasteiger partial charge in [-0.2, -0.15) is 5.26 Å². The molecule has 1 unspecified atom stereocenters. The third-order valence-corrected chi connectivity index (χ3v) is 8.29. The van der Waals surface area contributed by atoms with E-state index >= 15 is 0 Å². The molecule has 0 radical (unpaired) electrons. The van der Waals surface area contributed by atoms with E-state index < -0.39 is 31.6 Å². The van der Waals surface area contributed by atoms with Crippen LogP contribution in [0.4, 0.5) is 8.78 Å². The molecule has 0 aromatic heterocycles. The number of sulfonamides is 1. The first-order valence-electron chi connectivity index (χ1n) is 10.2. The minimum Gasteiger partial charge on any atom is -0.457 e. The minimum atomic E-state index is -4.12. The zero-order chi connectivity index (χ0) is 24.9. The van der Waals surface area contributed by atoms with Crippen molar-refractivity contribution >= 4 is 25.5 Å². The number of hydrogen-bond acceptors (Lipinski definition) is 7. The first kappa shape index (κ1) is 25.7. The molecule has 1 aliphatic carbocycles. The van der Waals surface area contributed by atoms with E-state index in [9.17, 15) is 21.4 Å². The van der Waals surface area contributed by atoms with Crippen LogP contribution < -0.4 is 4.74 Å². The van der Waals surface area contributed by atoms with Gasteiger partial charge in [-0.1, -0.05) is 0 Å². The topological polar surface area (TPSA) is 118 Å². The maximum Gasteiger partial charge on any atom is 0.258 e. The van der Waals surface area contributed by atoms with E-state index in [-0.39, 0.29) is 22.0 Å². The fraction of sp³-hybridized carbons (Fsp3) is 0.364. The van der Waals surface area contributed by atoms with Crippen molar-refractivity contribution in [2.24, 2.45) is 8.76 Å². The van der Waals surface area contributed by atoms with Gasteiger partial charge in [-0.05, 0) is 43.5 Å². The lowest BCUT2D eigenvalue weighted by Gasteiger charge is -2.16. The molecule has 0 fully saturated rings. The van der Waals surface area contributed by atoms with Crippen LogP contribution in [0.15, 0.2) is 44.0 Å². The Balaban J connectivity index is 2.18. The molecule has 0 spiro atoms. The smallest absolute Gasteiger partial charge is 0.258 e. The van der Waals surface area contributed by atoms with Crippen LogP contribution in [0.25, 0.3) is 0 Å². The number of hydrogen-bond donors (Lipinski definition) is 0. The molecule has 0 amide bonds. The second-order valence-electron chi connectivity index (χ2n) is 7.54. The van der Waals surface area contributed by atoms with Crippen LogP contribution in [0.5, 0.6) is 11.5 Å². The fourth-order valence-corrected chi connectivity index (χ4v) is 6.82. The van der Waals surface area contributed by atoms with Gasteiger partial charge in [0, 0.05) is 43.2 Å². The van der Waals surface area contributed by atoms with E-state index in [4.69, 9.17) is 14.7 Å². The Bertz CT molecular complexity index is 1390. The number of methoxy groups -OCH3 is 1. The van der Waals surface area contributed by atoms with Gasteiger partial charge in [0.1, 0.15) is 27.0 Å². The molecule has 0 aliphatic heterocycles. The van der Waals surface area contributed by atoms with Crippen LogP contribution in [0, 0.1) is 17.1 Å². The van der Waals surface area contributed by atoms with Crippen LogP contribution >= 0.6 is 0 Å². The van der Waals surface area contributed by atoms with Crippen molar-refractivity contribution in [2.75, 3.05) is 32.5 Å². The number of nitriles is 1. The molecule has 12 heteroatoms. The summed E-state index contributed by atoms with van der Waals surface area (Å²) in [6.45, 7) is 0.869. The molecule has 2 aromatic carbocycles. The van der Waals surface area contributed by atoms with E-state index in [0.717, 1.165) is 18.4 Å². The minimum absolute atomic E-state index is 0.0658. The molecule has 2 aromatic rings. The molecule has 34 heavy (non-hydrogen) atoms. The zero-order valence-corrected chi connectivity index (χ0v) is 20.2. The van der Waals surface area contributed by atoms with Gasteiger partial charge in [0.2, 0.25) is 0 Å². The van der Waals surface area contributed by atoms with Gasteiger partial charge < -0.3 is 9.47 Å². The number of rotatable bonds is 9. The predicted octanol–water partition coefficient (Wildman–Crippen LogP) is 3.97. The Hall–Kier alpha value is -2.88. The van der Waals surface area contributed by atoms with Gasteiger partial charge in [-0.25, -0.2) is 21.4 Å². The third kappa shape index (κ3) is 5.97. The molecule has 8 nitrogen and oxygen atoms in total. The number of halogens is 2. The van der Waals surface area contributed by atoms with E-state index in [1.165, 1.54) is 18.2 Å². The number of nitrogens with zero attached hydrogens (tertiary/aromatic N) is 3. The monoisotopic (exact) mass is 511 g/mol. The molecule has 0 saturated carbocycles. The molecule has 0 bridgehead atoms. The lowest BCUT2D eigenvalue weighted by molar-refractivity contribution is 0.197. The molecule has 0 heterocycles. The van der Waals surface area contributed by atoms with E-state index in [2.05, 4.69) is 8.76 Å². The highest BCUT2D eigenvalue weighted by Gasteiger charge is 2.31. The number of aliphatic imine (C=N–C) groups is 1. The number of ether oxygens (including phenoxy) is 2. The Morgan fingerprint density at radius 1 is 1.18 bits per heavy atom. The zero-order valence-electron chi connectivity index (χ0n) is 18.6. The van der Waals surface area contributed by atoms with Crippen molar-refractivity contribution in [3.63, 3.8) is 0 Å². The lowest BCUT2D eigenvalue weighted by Crippen LogP contribution is -2.12. The fourth-order valence-electron chi connectivity index (χ4n) is 3.63. The number of fused-ring (bicyclic) bond motifs is 1. The molecular formula is C22H23F2N3O5S2. The summed E-state index contributed by atoms with van der Waals surface area (Å²) in [7, 11) is -6.52. The van der Waals surface area contributed by atoms with Crippen molar-refractivity contribution < 1.29 is 30.9 Å². The standard InChI is InChI=1S/C22H23F2N3O5S2/c1-31-9-3-8-26-19-5-4-18-20(32-17-11-15(13-25)10-16(24)12-17)6-7-21(22(18)19)34(30,14-23)27-33(2,28)29/h6-7,10-12H,3-5,8-9,14H2,1-2H3/b26-19-. The van der Waals surface area contributed by atoms with Crippen molar-refractivity contribution in [3.8, 4) is 17.6 Å². The average Bonchev–Trinajstić information content (AvgIpc) is 3.19. The number of alkyl halides is 1. The normalized spacial score (nSPS) is 16.0. The van der Waals surface area contributed by atoms with Gasteiger partial charge in [0.05, 0.1) is 22.8 Å². The molecule has 182 valence electrons. The molecule has 1 atom stereocenters. The largest absolute Gasteiger partial charge is 0.457 e. The summed E-state index contributed by atoms with van der Waals surface area (Å²) in [6, 6.07) is 6.59. The van der Waals surface area contributed by atoms with Crippen LogP contribution in [0.1, 0.15) is 29.5 Å². The Labute approximate surface area is 197 Å². The molecule has 0 N–H and O–H groups in total. The van der Waals surface area contributed by atoms with Crippen molar-refractivity contribution in [3.05, 3.63) is 52.8 Å². The van der Waals surface area contributed by atoms with Gasteiger partial charge in [-0.15, -0.1) is 3.77 Å². The second kappa shape index (κ2) is 10.6. The van der Waals surface area contributed by atoms with E-state index in [1.54, 1.807) is 7.11 Å². The second-order valence-corrected chi connectivity index (χ2v) is 11.5. The highest BCUT2D eigenvalue weighted by Crippen LogP contribution is 2.39. The van der Waals surface area contributed by atoms with Crippen LogP contribution in [-0.4, -0.2) is 50.9 Å². The summed E-state index contributed by atoms with van der Waals surface area (Å²) in [6.07, 6.45) is 2.18. The summed E-state index contributed by atoms with van der Waals surface area (Å²) in [5.74, 6) is -0.311. The summed E-state index contributed by atoms with van der Waals surface area (Å²) < 4.78 is 78.9. The van der Waals surface area contributed by atoms with Gasteiger partial charge in [-0.3, -0.25) is 4.99 Å². The summed E-state index contributed by atoms with van der Waals surface area (Å²) in [5, 5.41) is 9.08. The first-order valence-corrected chi connectivity index (χ1v) is 13.7. The Morgan fingerprint density at radius 2 is 1.94 bits per heavy atom. The molecular weight excluding hydrogens is 488 g/mol. The molecule has 0 saturated heterocycles. The SMILES string of the molecule is COCCC/N=C1/CCc2c(Oc3cc(F)cc(C#N)c3)ccc(S(=O)(CF)=NS(C)(=O)=O)c21. The quantitative estimate of drug-likeness (QED) is 0.470. The van der Waals surface area contributed by atoms with Crippen molar-refractivity contribution in [2.45, 2.75) is 24.2 Å². The highest BCUT2D eigenvalue weighted by atomic mass is 32.3. The van der Waals surface area contributed by atoms with Gasteiger partial charge >= 0.3 is 0 Å². The van der Waals surface area contributed by atoms with E-state index in [0.29, 0.717) is 49.3 Å². The van der Waals surface area contributed by atoms with Crippen LogP contribution in [0.3, 0.4) is 0 Å². The number of benzene rings is 2. The lowest BCUT2D eigenvalue weighted by atomic mass is 10.1. The maximum absolute atomic E-state index is 14.0. The maximum atomic E-state index is 14.0. The molecule has 1 aliphatic rings. The molecule has 3 rings (SSSR count). The summed E-state index contributed by atoms with van der Waals surface area (Å²) in [4.78, 5) is 4.45. The highest BCUT2D eigenvalue weighted by molar-refractivity contribution is 8.03. The summed E-state index contributed by atoms with van der Waals surface area (Å²) >= 11 is 0.